The van der Waals surface area contributed by atoms with Crippen molar-refractivity contribution in [3.63, 3.8) is 0 Å². The third-order valence-corrected chi connectivity index (χ3v) is 6.03. The summed E-state index contributed by atoms with van der Waals surface area (Å²) in [5.74, 6) is -0.302. The topological polar surface area (TPSA) is 70.6 Å². The molecule has 0 aliphatic carbocycles. The lowest BCUT2D eigenvalue weighted by Gasteiger charge is -2.35. The van der Waals surface area contributed by atoms with Gasteiger partial charge in [-0.1, -0.05) is 53.5 Å². The van der Waals surface area contributed by atoms with Gasteiger partial charge < -0.3 is 19.9 Å². The molecule has 0 spiro atoms. The Labute approximate surface area is 209 Å². The number of aromatic nitrogens is 2. The summed E-state index contributed by atoms with van der Waals surface area (Å²) in [7, 11) is 0. The first kappa shape index (κ1) is 24.9. The van der Waals surface area contributed by atoms with E-state index in [4.69, 9.17) is 27.9 Å². The zero-order chi connectivity index (χ0) is 25.0. The standard InChI is InChI=1S/C23H20Cl2F3N5O2/c24-18-7-6-16(12-19(18)25)30-21-29-13-17(23(26,27)28)20(31-21)32-8-10-33(11-9-32)22(34)35-14-15-4-2-1-3-5-15/h1-7,12-13H,8-11,14H2,(H,29,30,31). The Balaban J connectivity index is 1.45. The Bertz CT molecular complexity index is 1190. The van der Waals surface area contributed by atoms with Crippen LogP contribution < -0.4 is 10.2 Å². The average molecular weight is 526 g/mol. The number of benzene rings is 2. The molecular formula is C23H20Cl2F3N5O2. The molecule has 1 amide bonds. The monoisotopic (exact) mass is 525 g/mol. The third kappa shape index (κ3) is 6.26. The Morgan fingerprint density at radius 2 is 1.74 bits per heavy atom. The van der Waals surface area contributed by atoms with E-state index < -0.39 is 17.8 Å². The van der Waals surface area contributed by atoms with E-state index >= 15 is 0 Å². The maximum absolute atomic E-state index is 13.7. The Hall–Kier alpha value is -3.24. The van der Waals surface area contributed by atoms with Gasteiger partial charge in [-0.25, -0.2) is 9.78 Å². The molecule has 0 bridgehead atoms. The van der Waals surface area contributed by atoms with Gasteiger partial charge in [-0.3, -0.25) is 0 Å². The molecule has 0 saturated carbocycles. The zero-order valence-corrected chi connectivity index (χ0v) is 19.7. The number of nitrogens with zero attached hydrogens (tertiary/aromatic N) is 4. The molecular weight excluding hydrogens is 506 g/mol. The summed E-state index contributed by atoms with van der Waals surface area (Å²) in [5.41, 5.74) is 0.352. The minimum atomic E-state index is -4.65. The van der Waals surface area contributed by atoms with Crippen LogP contribution in [0.25, 0.3) is 0 Å². The highest BCUT2D eigenvalue weighted by molar-refractivity contribution is 6.42. The van der Waals surface area contributed by atoms with Gasteiger partial charge in [0.25, 0.3) is 0 Å². The van der Waals surface area contributed by atoms with Crippen LogP contribution in [0.3, 0.4) is 0 Å². The predicted octanol–water partition coefficient (Wildman–Crippen LogP) is 6.00. The Morgan fingerprint density at radius 1 is 1.03 bits per heavy atom. The van der Waals surface area contributed by atoms with Crippen molar-refractivity contribution in [3.05, 3.63) is 75.9 Å². The number of anilines is 3. The Morgan fingerprint density at radius 3 is 2.40 bits per heavy atom. The highest BCUT2D eigenvalue weighted by atomic mass is 35.5. The number of carbonyl (C=O) groups excluding carboxylic acids is 1. The van der Waals surface area contributed by atoms with E-state index in [1.54, 1.807) is 12.1 Å². The number of alkyl halides is 3. The lowest BCUT2D eigenvalue weighted by atomic mass is 10.2. The molecule has 2 heterocycles. The van der Waals surface area contributed by atoms with Gasteiger partial charge in [0.15, 0.2) is 0 Å². The third-order valence-electron chi connectivity index (χ3n) is 5.29. The van der Waals surface area contributed by atoms with E-state index in [9.17, 15) is 18.0 Å². The number of rotatable bonds is 5. The van der Waals surface area contributed by atoms with Crippen molar-refractivity contribution in [2.24, 2.45) is 0 Å². The lowest BCUT2D eigenvalue weighted by Crippen LogP contribution is -2.49. The number of carbonyl (C=O) groups is 1. The summed E-state index contributed by atoms with van der Waals surface area (Å²) in [6, 6.07) is 13.9. The van der Waals surface area contributed by atoms with Crippen molar-refractivity contribution in [3.8, 4) is 0 Å². The van der Waals surface area contributed by atoms with Crippen LogP contribution in [0.5, 0.6) is 0 Å². The van der Waals surface area contributed by atoms with Gasteiger partial charge >= 0.3 is 12.3 Å². The average Bonchev–Trinajstić information content (AvgIpc) is 2.85. The first-order valence-corrected chi connectivity index (χ1v) is 11.3. The quantitative estimate of drug-likeness (QED) is 0.440. The number of halogens is 5. The second-order valence-corrected chi connectivity index (χ2v) is 8.51. The first-order chi connectivity index (χ1) is 16.7. The summed E-state index contributed by atoms with van der Waals surface area (Å²) < 4.78 is 46.4. The fraction of sp³-hybridized carbons (Fsp3) is 0.261. The SMILES string of the molecule is O=C(OCc1ccccc1)N1CCN(c2nc(Nc3ccc(Cl)c(Cl)c3)ncc2C(F)(F)F)CC1. The van der Waals surface area contributed by atoms with Gasteiger partial charge in [0.05, 0.1) is 10.0 Å². The molecule has 12 heteroatoms. The van der Waals surface area contributed by atoms with E-state index in [2.05, 4.69) is 15.3 Å². The van der Waals surface area contributed by atoms with Gasteiger partial charge in [0, 0.05) is 38.1 Å². The van der Waals surface area contributed by atoms with E-state index in [1.807, 2.05) is 30.3 Å². The van der Waals surface area contributed by atoms with Crippen molar-refractivity contribution < 1.29 is 22.7 Å². The number of hydrogen-bond acceptors (Lipinski definition) is 6. The molecule has 35 heavy (non-hydrogen) atoms. The van der Waals surface area contributed by atoms with Crippen molar-refractivity contribution in [2.45, 2.75) is 12.8 Å². The molecule has 184 valence electrons. The normalized spacial score (nSPS) is 14.1. The van der Waals surface area contributed by atoms with E-state index in [0.29, 0.717) is 10.7 Å². The summed E-state index contributed by atoms with van der Waals surface area (Å²) in [4.78, 5) is 23.3. The van der Waals surface area contributed by atoms with Crippen LogP contribution in [0.4, 0.5) is 35.4 Å². The number of hydrogen-bond donors (Lipinski definition) is 1. The molecule has 1 saturated heterocycles. The number of ether oxygens (including phenoxy) is 1. The van der Waals surface area contributed by atoms with Gasteiger partial charge in [0.1, 0.15) is 18.0 Å². The molecule has 3 aromatic rings. The molecule has 1 aliphatic heterocycles. The molecule has 7 nitrogen and oxygen atoms in total. The van der Waals surface area contributed by atoms with E-state index in [-0.39, 0.29) is 49.6 Å². The zero-order valence-electron chi connectivity index (χ0n) is 18.2. The van der Waals surface area contributed by atoms with Crippen molar-refractivity contribution >= 4 is 46.7 Å². The van der Waals surface area contributed by atoms with Crippen LogP contribution in [-0.2, 0) is 17.5 Å². The smallest absolute Gasteiger partial charge is 0.421 e. The summed E-state index contributed by atoms with van der Waals surface area (Å²) >= 11 is 11.9. The van der Waals surface area contributed by atoms with Crippen molar-refractivity contribution in [2.75, 3.05) is 36.4 Å². The second-order valence-electron chi connectivity index (χ2n) is 7.70. The minimum absolute atomic E-state index is 0.0314. The summed E-state index contributed by atoms with van der Waals surface area (Å²) in [6.45, 7) is 0.780. The molecule has 2 aromatic carbocycles. The lowest BCUT2D eigenvalue weighted by molar-refractivity contribution is -0.137. The molecule has 1 aromatic heterocycles. The maximum atomic E-state index is 13.7. The van der Waals surface area contributed by atoms with Crippen molar-refractivity contribution in [1.82, 2.24) is 14.9 Å². The van der Waals surface area contributed by atoms with Gasteiger partial charge in [-0.2, -0.15) is 18.2 Å². The van der Waals surface area contributed by atoms with Crippen LogP contribution in [0, 0.1) is 0 Å². The summed E-state index contributed by atoms with van der Waals surface area (Å²) in [5, 5.41) is 3.46. The molecule has 4 rings (SSSR count). The molecule has 1 N–H and O–H groups in total. The molecule has 0 unspecified atom stereocenters. The molecule has 0 atom stereocenters. The summed E-state index contributed by atoms with van der Waals surface area (Å²) in [6.07, 6.45) is -4.43. The first-order valence-electron chi connectivity index (χ1n) is 10.6. The molecule has 1 aliphatic rings. The largest absolute Gasteiger partial charge is 0.445 e. The second kappa shape index (κ2) is 10.6. The number of nitrogens with one attached hydrogen (secondary N) is 1. The fourth-order valence-corrected chi connectivity index (χ4v) is 3.79. The van der Waals surface area contributed by atoms with Gasteiger partial charge in [0.2, 0.25) is 5.95 Å². The highest BCUT2D eigenvalue weighted by Crippen LogP contribution is 2.36. The van der Waals surface area contributed by atoms with Crippen LogP contribution >= 0.6 is 23.2 Å². The van der Waals surface area contributed by atoms with Crippen LogP contribution in [0.2, 0.25) is 10.0 Å². The van der Waals surface area contributed by atoms with E-state index in [0.717, 1.165) is 11.8 Å². The minimum Gasteiger partial charge on any atom is -0.445 e. The predicted molar refractivity (Wildman–Crippen MR) is 127 cm³/mol. The van der Waals surface area contributed by atoms with Gasteiger partial charge in [-0.05, 0) is 23.8 Å². The number of amides is 1. The van der Waals surface area contributed by atoms with E-state index in [1.165, 1.54) is 15.9 Å². The molecule has 1 fully saturated rings. The van der Waals surface area contributed by atoms with Crippen molar-refractivity contribution in [1.29, 1.82) is 0 Å². The van der Waals surface area contributed by atoms with Crippen LogP contribution in [-0.4, -0.2) is 47.1 Å². The highest BCUT2D eigenvalue weighted by Gasteiger charge is 2.38. The maximum Gasteiger partial charge on any atom is 0.421 e. The fourth-order valence-electron chi connectivity index (χ4n) is 3.49. The number of piperazine rings is 1. The Kier molecular flexibility index (Phi) is 7.51. The van der Waals surface area contributed by atoms with Crippen LogP contribution in [0.15, 0.2) is 54.7 Å². The van der Waals surface area contributed by atoms with Gasteiger partial charge in [-0.15, -0.1) is 0 Å². The van der Waals surface area contributed by atoms with Crippen LogP contribution in [0.1, 0.15) is 11.1 Å². The molecule has 0 radical (unpaired) electrons.